The molecular formula is C25H26N4OS. The summed E-state index contributed by atoms with van der Waals surface area (Å²) >= 11 is 1.65. The third kappa shape index (κ3) is 5.35. The maximum Gasteiger partial charge on any atom is 0.224 e. The van der Waals surface area contributed by atoms with Gasteiger partial charge in [-0.25, -0.2) is 0 Å². The number of fused-ring (bicyclic) bond motifs is 1. The van der Waals surface area contributed by atoms with E-state index >= 15 is 0 Å². The van der Waals surface area contributed by atoms with Crippen LogP contribution in [-0.4, -0.2) is 17.1 Å². The number of carbonyl (C=O) groups is 1. The quantitative estimate of drug-likeness (QED) is 0.281. The first-order valence-electron chi connectivity index (χ1n) is 10.2. The minimum absolute atomic E-state index is 0.0985. The number of pyridine rings is 1. The number of anilines is 1. The van der Waals surface area contributed by atoms with Gasteiger partial charge in [0.05, 0.1) is 18.7 Å². The van der Waals surface area contributed by atoms with Crippen molar-refractivity contribution in [2.45, 2.75) is 26.8 Å². The van der Waals surface area contributed by atoms with E-state index in [1.807, 2.05) is 50.2 Å². The van der Waals surface area contributed by atoms with Gasteiger partial charge in [0.1, 0.15) is 0 Å². The average molecular weight is 431 g/mol. The highest BCUT2D eigenvalue weighted by Crippen LogP contribution is 2.38. The highest BCUT2D eigenvalue weighted by Gasteiger charge is 2.14. The molecule has 0 saturated carbocycles. The number of amides is 1. The van der Waals surface area contributed by atoms with E-state index in [0.717, 1.165) is 27.1 Å². The molecule has 4 rings (SSSR count). The molecular weight excluding hydrogens is 404 g/mol. The lowest BCUT2D eigenvalue weighted by Crippen LogP contribution is -2.25. The van der Waals surface area contributed by atoms with Crippen LogP contribution in [0.5, 0.6) is 0 Å². The van der Waals surface area contributed by atoms with E-state index in [2.05, 4.69) is 28.5 Å². The molecule has 0 spiro atoms. The van der Waals surface area contributed by atoms with Gasteiger partial charge in [-0.05, 0) is 47.3 Å². The van der Waals surface area contributed by atoms with Crippen molar-refractivity contribution in [2.75, 3.05) is 5.73 Å². The van der Waals surface area contributed by atoms with Crippen LogP contribution in [-0.2, 0) is 17.8 Å². The lowest BCUT2D eigenvalue weighted by atomic mass is 9.99. The third-order valence-corrected chi connectivity index (χ3v) is 5.83. The van der Waals surface area contributed by atoms with Gasteiger partial charge in [0, 0.05) is 38.8 Å². The normalized spacial score (nSPS) is 10.3. The zero-order valence-electron chi connectivity index (χ0n) is 17.7. The Morgan fingerprint density at radius 1 is 1.13 bits per heavy atom. The molecule has 0 aliphatic carbocycles. The van der Waals surface area contributed by atoms with Crippen molar-refractivity contribution in [3.63, 3.8) is 0 Å². The number of hydrogen-bond acceptors (Lipinski definition) is 5. The van der Waals surface area contributed by atoms with Crippen LogP contribution in [0.2, 0.25) is 0 Å². The summed E-state index contributed by atoms with van der Waals surface area (Å²) in [6, 6.07) is 19.6. The van der Waals surface area contributed by atoms with Gasteiger partial charge in [0.15, 0.2) is 0 Å². The Morgan fingerprint density at radius 3 is 2.61 bits per heavy atom. The highest BCUT2D eigenvalue weighted by molar-refractivity contribution is 7.22. The second-order valence-corrected chi connectivity index (χ2v) is 7.80. The zero-order chi connectivity index (χ0) is 22.2. The number of benzene rings is 2. The smallest absolute Gasteiger partial charge is 0.224 e. The van der Waals surface area contributed by atoms with Gasteiger partial charge < -0.3 is 16.5 Å². The van der Waals surface area contributed by atoms with Crippen LogP contribution >= 0.6 is 11.3 Å². The second kappa shape index (κ2) is 10.5. The molecule has 0 aliphatic rings. The first-order chi connectivity index (χ1) is 15.1. The molecule has 31 heavy (non-hydrogen) atoms. The summed E-state index contributed by atoms with van der Waals surface area (Å²) in [5, 5.41) is 11.8. The van der Waals surface area contributed by atoms with Crippen molar-refractivity contribution >= 4 is 39.2 Å². The van der Waals surface area contributed by atoms with Gasteiger partial charge in [-0.1, -0.05) is 38.1 Å². The average Bonchev–Trinajstić information content (AvgIpc) is 3.25. The maximum atomic E-state index is 12.4. The molecule has 0 atom stereocenters. The first-order valence-corrected chi connectivity index (χ1v) is 11.0. The van der Waals surface area contributed by atoms with Crippen LogP contribution in [0.15, 0.2) is 66.9 Å². The van der Waals surface area contributed by atoms with Crippen LogP contribution in [0.25, 0.3) is 20.5 Å². The van der Waals surface area contributed by atoms with Gasteiger partial charge in [0.2, 0.25) is 5.91 Å². The molecule has 6 heteroatoms. The summed E-state index contributed by atoms with van der Waals surface area (Å²) < 4.78 is 1.18. The van der Waals surface area contributed by atoms with Gasteiger partial charge in [-0.3, -0.25) is 9.78 Å². The van der Waals surface area contributed by atoms with E-state index in [4.69, 9.17) is 11.1 Å². The van der Waals surface area contributed by atoms with E-state index in [1.165, 1.54) is 10.9 Å². The number of hydrogen-bond donors (Lipinski definition) is 3. The largest absolute Gasteiger partial charge is 0.398 e. The van der Waals surface area contributed by atoms with E-state index in [-0.39, 0.29) is 12.3 Å². The topological polar surface area (TPSA) is 91.9 Å². The molecule has 0 bridgehead atoms. The standard InChI is InChI=1S/C23H20N4OS.C2H6/c24-13-17-9-15(11-22(28)27-14-18-6-3-4-8-26-18)10-19(23(17)25)21-12-16-5-1-2-7-20(16)29-21;1-2/h1-10,12-13,24H,11,14,25H2,(H,27,28);1-2H3. The van der Waals surface area contributed by atoms with Crippen molar-refractivity contribution in [3.05, 3.63) is 83.7 Å². The summed E-state index contributed by atoms with van der Waals surface area (Å²) in [4.78, 5) is 17.7. The molecule has 4 aromatic rings. The van der Waals surface area contributed by atoms with Crippen LogP contribution in [0.4, 0.5) is 5.69 Å². The molecule has 2 aromatic heterocycles. The number of aromatic nitrogens is 1. The maximum absolute atomic E-state index is 12.4. The third-order valence-electron chi connectivity index (χ3n) is 4.68. The van der Waals surface area contributed by atoms with Crippen LogP contribution in [0.1, 0.15) is 30.7 Å². The fraction of sp³-hybridized carbons (Fsp3) is 0.160. The molecule has 0 aliphatic heterocycles. The molecule has 5 nitrogen and oxygen atoms in total. The van der Waals surface area contributed by atoms with Crippen molar-refractivity contribution in [1.82, 2.24) is 10.3 Å². The fourth-order valence-electron chi connectivity index (χ4n) is 3.22. The number of rotatable bonds is 6. The molecule has 0 fully saturated rings. The number of carbonyl (C=O) groups excluding carboxylic acids is 1. The van der Waals surface area contributed by atoms with Crippen molar-refractivity contribution in [3.8, 4) is 10.4 Å². The minimum Gasteiger partial charge on any atom is -0.398 e. The van der Waals surface area contributed by atoms with E-state index in [0.29, 0.717) is 17.8 Å². The minimum atomic E-state index is -0.0985. The summed E-state index contributed by atoms with van der Waals surface area (Å²) in [5.74, 6) is -0.0985. The molecule has 0 radical (unpaired) electrons. The summed E-state index contributed by atoms with van der Waals surface area (Å²) in [6.07, 6.45) is 3.16. The predicted molar refractivity (Wildman–Crippen MR) is 131 cm³/mol. The summed E-state index contributed by atoms with van der Waals surface area (Å²) in [6.45, 7) is 4.38. The highest BCUT2D eigenvalue weighted by atomic mass is 32.1. The lowest BCUT2D eigenvalue weighted by molar-refractivity contribution is -0.120. The Bertz CT molecular complexity index is 1150. The summed E-state index contributed by atoms with van der Waals surface area (Å²) in [5.41, 5.74) is 10.00. The molecule has 158 valence electrons. The lowest BCUT2D eigenvalue weighted by Gasteiger charge is -2.11. The SMILES string of the molecule is CC.N=Cc1cc(CC(=O)NCc2ccccn2)cc(-c2cc3ccccc3s2)c1N. The van der Waals surface area contributed by atoms with Crippen LogP contribution < -0.4 is 11.1 Å². The number of nitrogens with zero attached hydrogens (tertiary/aromatic N) is 1. The Hall–Kier alpha value is -3.51. The van der Waals surface area contributed by atoms with E-state index in [1.54, 1.807) is 23.6 Å². The Labute approximate surface area is 186 Å². The second-order valence-electron chi connectivity index (χ2n) is 6.71. The van der Waals surface area contributed by atoms with Gasteiger partial charge in [0.25, 0.3) is 0 Å². The molecule has 0 unspecified atom stereocenters. The van der Waals surface area contributed by atoms with Crippen LogP contribution in [0, 0.1) is 5.41 Å². The number of nitrogens with one attached hydrogen (secondary N) is 2. The predicted octanol–water partition coefficient (Wildman–Crippen LogP) is 5.43. The van der Waals surface area contributed by atoms with Crippen molar-refractivity contribution in [1.29, 1.82) is 5.41 Å². The van der Waals surface area contributed by atoms with Gasteiger partial charge in [-0.2, -0.15) is 0 Å². The Morgan fingerprint density at radius 2 is 1.90 bits per heavy atom. The number of nitrogen functional groups attached to an aromatic ring is 1. The number of nitrogens with two attached hydrogens (primary N) is 1. The molecule has 2 aromatic carbocycles. The van der Waals surface area contributed by atoms with E-state index in [9.17, 15) is 4.79 Å². The number of thiophene rings is 1. The molecule has 2 heterocycles. The van der Waals surface area contributed by atoms with E-state index < -0.39 is 0 Å². The Balaban J connectivity index is 0.00000132. The van der Waals surface area contributed by atoms with Crippen LogP contribution in [0.3, 0.4) is 0 Å². The first kappa shape index (κ1) is 22.2. The molecule has 1 amide bonds. The Kier molecular flexibility index (Phi) is 7.51. The van der Waals surface area contributed by atoms with Crippen molar-refractivity contribution < 1.29 is 4.79 Å². The fourth-order valence-corrected chi connectivity index (χ4v) is 4.31. The molecule has 0 saturated heterocycles. The zero-order valence-corrected chi connectivity index (χ0v) is 18.5. The van der Waals surface area contributed by atoms with Gasteiger partial charge in [-0.15, -0.1) is 11.3 Å². The van der Waals surface area contributed by atoms with Crippen molar-refractivity contribution in [2.24, 2.45) is 0 Å². The molecule has 4 N–H and O–H groups in total. The van der Waals surface area contributed by atoms with Gasteiger partial charge >= 0.3 is 0 Å². The monoisotopic (exact) mass is 430 g/mol. The summed E-state index contributed by atoms with van der Waals surface area (Å²) in [7, 11) is 0.